The predicted octanol–water partition coefficient (Wildman–Crippen LogP) is 4.01. The largest absolute Gasteiger partial charge is 0.352 e. The van der Waals surface area contributed by atoms with Gasteiger partial charge in [0, 0.05) is 22.6 Å². The number of hydrogen-bond acceptors (Lipinski definition) is 4. The molecule has 10 heteroatoms. The molecule has 1 N–H and O–H groups in total. The minimum absolute atomic E-state index is 0.106. The van der Waals surface area contributed by atoms with E-state index in [4.69, 9.17) is 23.2 Å². The van der Waals surface area contributed by atoms with E-state index in [0.717, 1.165) is 21.7 Å². The number of nitrogens with zero attached hydrogens (tertiary/aromatic N) is 2. The van der Waals surface area contributed by atoms with Gasteiger partial charge in [0.25, 0.3) is 0 Å². The van der Waals surface area contributed by atoms with Crippen molar-refractivity contribution in [3.05, 3.63) is 63.6 Å². The van der Waals surface area contributed by atoms with Crippen molar-refractivity contribution in [2.24, 2.45) is 0 Å². The Morgan fingerprint density at radius 3 is 2.15 bits per heavy atom. The first-order chi connectivity index (χ1) is 15.3. The smallest absolute Gasteiger partial charge is 0.244 e. The number of hydrogen-bond donors (Lipinski definition) is 1. The monoisotopic (exact) mass is 513 g/mol. The first kappa shape index (κ1) is 27.0. The van der Waals surface area contributed by atoms with Crippen molar-refractivity contribution in [3.8, 4) is 0 Å². The Bertz CT molecular complexity index is 1110. The van der Waals surface area contributed by atoms with Gasteiger partial charge in [-0.25, -0.2) is 8.42 Å². The summed E-state index contributed by atoms with van der Waals surface area (Å²) in [5, 5.41) is 3.73. The summed E-state index contributed by atoms with van der Waals surface area (Å²) in [5.41, 5.74) is 1.80. The zero-order valence-electron chi connectivity index (χ0n) is 19.3. The van der Waals surface area contributed by atoms with E-state index in [1.165, 1.54) is 11.0 Å². The van der Waals surface area contributed by atoms with E-state index >= 15 is 0 Å². The first-order valence-electron chi connectivity index (χ1n) is 10.4. The zero-order chi connectivity index (χ0) is 24.9. The topological polar surface area (TPSA) is 86.8 Å². The molecule has 0 fully saturated rings. The fourth-order valence-electron chi connectivity index (χ4n) is 3.12. The molecule has 0 saturated heterocycles. The summed E-state index contributed by atoms with van der Waals surface area (Å²) in [6.07, 6.45) is 1.02. The second-order valence-corrected chi connectivity index (χ2v) is 10.9. The van der Waals surface area contributed by atoms with Crippen LogP contribution in [0.2, 0.25) is 10.0 Å². The van der Waals surface area contributed by atoms with Crippen LogP contribution in [0.5, 0.6) is 0 Å². The molecule has 0 aromatic heterocycles. The molecule has 0 heterocycles. The summed E-state index contributed by atoms with van der Waals surface area (Å²) in [4.78, 5) is 27.5. The second kappa shape index (κ2) is 11.2. The van der Waals surface area contributed by atoms with Crippen molar-refractivity contribution in [2.75, 3.05) is 17.1 Å². The number of sulfonamides is 1. The maximum atomic E-state index is 13.4. The first-order valence-corrected chi connectivity index (χ1v) is 13.0. The van der Waals surface area contributed by atoms with Crippen molar-refractivity contribution < 1.29 is 18.0 Å². The average molecular weight is 514 g/mol. The van der Waals surface area contributed by atoms with Gasteiger partial charge in [0.2, 0.25) is 21.8 Å². The number of carbonyl (C=O) groups excluding carboxylic acids is 2. The number of rotatable bonds is 9. The lowest BCUT2D eigenvalue weighted by Gasteiger charge is -2.32. The Kier molecular flexibility index (Phi) is 9.17. The van der Waals surface area contributed by atoms with Crippen molar-refractivity contribution in [2.45, 2.75) is 46.3 Å². The van der Waals surface area contributed by atoms with Crippen LogP contribution in [0.3, 0.4) is 0 Å². The van der Waals surface area contributed by atoms with Crippen LogP contribution in [0.1, 0.15) is 31.9 Å². The van der Waals surface area contributed by atoms with Gasteiger partial charge in [-0.15, -0.1) is 0 Å². The highest BCUT2D eigenvalue weighted by Crippen LogP contribution is 2.25. The van der Waals surface area contributed by atoms with Gasteiger partial charge in [-0.3, -0.25) is 13.9 Å². The molecule has 0 aliphatic rings. The highest BCUT2D eigenvalue weighted by atomic mass is 35.5. The van der Waals surface area contributed by atoms with E-state index in [1.54, 1.807) is 50.2 Å². The molecule has 2 aromatic carbocycles. The van der Waals surface area contributed by atoms with Crippen molar-refractivity contribution in [3.63, 3.8) is 0 Å². The van der Waals surface area contributed by atoms with Crippen LogP contribution in [0, 0.1) is 6.92 Å². The van der Waals surface area contributed by atoms with Crippen molar-refractivity contribution >= 4 is 50.7 Å². The fraction of sp³-hybridized carbons (Fsp3) is 0.391. The highest BCUT2D eigenvalue weighted by molar-refractivity contribution is 7.92. The summed E-state index contributed by atoms with van der Waals surface area (Å²) < 4.78 is 26.1. The molecule has 2 rings (SSSR count). The molecule has 33 heavy (non-hydrogen) atoms. The summed E-state index contributed by atoms with van der Waals surface area (Å²) >= 11 is 12.1. The number of anilines is 1. The molecular weight excluding hydrogens is 485 g/mol. The standard InChI is InChI=1S/C23H29Cl2N3O4S/c1-15(2)26-23(30)17(4)27(13-18-7-9-19(24)10-8-18)22(29)14-28(33(5,31)32)20-11-6-16(3)21(25)12-20/h6-12,15,17H,13-14H2,1-5H3,(H,26,30)/t17-/m1/s1. The molecule has 180 valence electrons. The second-order valence-electron chi connectivity index (χ2n) is 8.19. The van der Waals surface area contributed by atoms with Gasteiger partial charge >= 0.3 is 0 Å². The van der Waals surface area contributed by atoms with Gasteiger partial charge in [-0.05, 0) is 63.1 Å². The van der Waals surface area contributed by atoms with E-state index in [0.29, 0.717) is 10.0 Å². The lowest BCUT2D eigenvalue weighted by Crippen LogP contribution is -2.52. The molecule has 0 spiro atoms. The quantitative estimate of drug-likeness (QED) is 0.548. The molecule has 0 aliphatic carbocycles. The average Bonchev–Trinajstić information content (AvgIpc) is 2.71. The molecule has 0 bridgehead atoms. The molecule has 2 amide bonds. The lowest BCUT2D eigenvalue weighted by atomic mass is 10.1. The van der Waals surface area contributed by atoms with E-state index < -0.39 is 28.5 Å². The molecule has 0 unspecified atom stereocenters. The summed E-state index contributed by atoms with van der Waals surface area (Å²) in [5.74, 6) is -0.866. The molecule has 0 aliphatic heterocycles. The molecule has 1 atom stereocenters. The number of benzene rings is 2. The molecule has 2 aromatic rings. The maximum Gasteiger partial charge on any atom is 0.244 e. The summed E-state index contributed by atoms with van der Waals surface area (Å²) in [7, 11) is -3.81. The van der Waals surface area contributed by atoms with E-state index in [1.807, 2.05) is 13.8 Å². The Morgan fingerprint density at radius 2 is 1.64 bits per heavy atom. The third-order valence-electron chi connectivity index (χ3n) is 4.99. The van der Waals surface area contributed by atoms with Gasteiger partial charge in [0.05, 0.1) is 11.9 Å². The maximum absolute atomic E-state index is 13.4. The minimum atomic E-state index is -3.81. The van der Waals surface area contributed by atoms with Gasteiger partial charge in [-0.1, -0.05) is 41.4 Å². The zero-order valence-corrected chi connectivity index (χ0v) is 21.6. The van der Waals surface area contributed by atoms with Gasteiger partial charge in [0.1, 0.15) is 12.6 Å². The van der Waals surface area contributed by atoms with Crippen LogP contribution in [0.25, 0.3) is 0 Å². The van der Waals surface area contributed by atoms with Gasteiger partial charge < -0.3 is 10.2 Å². The van der Waals surface area contributed by atoms with Crippen LogP contribution >= 0.6 is 23.2 Å². The van der Waals surface area contributed by atoms with Crippen LogP contribution < -0.4 is 9.62 Å². The SMILES string of the molecule is Cc1ccc(N(CC(=O)N(Cc2ccc(Cl)cc2)[C@H](C)C(=O)NC(C)C)S(C)(=O)=O)cc1Cl. The van der Waals surface area contributed by atoms with Gasteiger partial charge in [0.15, 0.2) is 0 Å². The molecule has 0 radical (unpaired) electrons. The number of carbonyl (C=O) groups is 2. The third-order valence-corrected chi connectivity index (χ3v) is 6.79. The summed E-state index contributed by atoms with van der Waals surface area (Å²) in [6.45, 7) is 6.68. The normalized spacial score (nSPS) is 12.4. The Balaban J connectivity index is 2.40. The number of halogens is 2. The Hall–Kier alpha value is -2.29. The van der Waals surface area contributed by atoms with E-state index in [9.17, 15) is 18.0 Å². The van der Waals surface area contributed by atoms with Gasteiger partial charge in [-0.2, -0.15) is 0 Å². The molecular formula is C23H29Cl2N3O4S. The minimum Gasteiger partial charge on any atom is -0.352 e. The third kappa shape index (κ3) is 7.62. The van der Waals surface area contributed by atoms with Crippen LogP contribution in [0.15, 0.2) is 42.5 Å². The van der Waals surface area contributed by atoms with Crippen molar-refractivity contribution in [1.82, 2.24) is 10.2 Å². The predicted molar refractivity (Wildman–Crippen MR) is 133 cm³/mol. The number of aryl methyl sites for hydroxylation is 1. The summed E-state index contributed by atoms with van der Waals surface area (Å²) in [6, 6.07) is 10.7. The van der Waals surface area contributed by atoms with E-state index in [2.05, 4.69) is 5.32 Å². The fourth-order valence-corrected chi connectivity index (χ4v) is 4.27. The lowest BCUT2D eigenvalue weighted by molar-refractivity contribution is -0.139. The molecule has 0 saturated carbocycles. The molecule has 7 nitrogen and oxygen atoms in total. The number of nitrogens with one attached hydrogen (secondary N) is 1. The van der Waals surface area contributed by atoms with Crippen LogP contribution in [-0.2, 0) is 26.2 Å². The van der Waals surface area contributed by atoms with E-state index in [-0.39, 0.29) is 24.2 Å². The van der Waals surface area contributed by atoms with Crippen LogP contribution in [-0.4, -0.2) is 50.0 Å². The number of amides is 2. The van der Waals surface area contributed by atoms with Crippen molar-refractivity contribution in [1.29, 1.82) is 0 Å². The Labute approximate surface area is 205 Å². The Morgan fingerprint density at radius 1 is 1.03 bits per heavy atom. The highest BCUT2D eigenvalue weighted by Gasteiger charge is 2.30. The van der Waals surface area contributed by atoms with Crippen LogP contribution in [0.4, 0.5) is 5.69 Å².